The van der Waals surface area contributed by atoms with Gasteiger partial charge in [-0.25, -0.2) is 9.59 Å². The second kappa shape index (κ2) is 25.2. The molecule has 0 aliphatic carbocycles. The second-order valence-corrected chi connectivity index (χ2v) is 18.3. The number of benzene rings is 4. The van der Waals surface area contributed by atoms with E-state index in [1.54, 1.807) is 0 Å². The molecule has 3 fully saturated rings. The van der Waals surface area contributed by atoms with Crippen molar-refractivity contribution in [1.29, 1.82) is 0 Å². The molecule has 16 unspecified atom stereocenters. The number of carbonyl (C=O) groups excluding carboxylic acids is 2. The topological polar surface area (TPSA) is 399 Å². The predicted octanol–water partition coefficient (Wildman–Crippen LogP) is -0.651. The SMILES string of the molecule is COc1cc(C=CC(=O)OCC2OC(OC3=Cc4c(cc(O)cc4OC4OC(CO)C(O)C(O)C4O)OC3c3ccc(O)cc3)C(OC3OC(CO)C(O)C(O)C3OC(=O)C=Cc3ccc(O)c(OC)c3)C(O)C2O)ccc1O. The van der Waals surface area contributed by atoms with Crippen LogP contribution in [0, 0.1) is 0 Å². The average Bonchev–Trinajstić information content (AvgIpc) is 3.48. The summed E-state index contributed by atoms with van der Waals surface area (Å²) in [6.45, 7) is -2.52. The Kier molecular flexibility index (Phi) is 18.5. The minimum atomic E-state index is -2.14. The molecule has 4 aromatic rings. The highest BCUT2D eigenvalue weighted by Gasteiger charge is 2.54. The van der Waals surface area contributed by atoms with E-state index in [0.29, 0.717) is 11.1 Å². The third kappa shape index (κ3) is 13.1. The van der Waals surface area contributed by atoms with Gasteiger partial charge in [-0.1, -0.05) is 24.3 Å². The average molecular weight is 1110 g/mol. The van der Waals surface area contributed by atoms with Gasteiger partial charge in [0.1, 0.15) is 96.4 Å². The van der Waals surface area contributed by atoms with E-state index < -0.39 is 136 Å². The van der Waals surface area contributed by atoms with E-state index in [1.165, 1.54) is 99.2 Å². The molecule has 0 bridgehead atoms. The van der Waals surface area contributed by atoms with Crippen molar-refractivity contribution in [1.82, 2.24) is 0 Å². The van der Waals surface area contributed by atoms with Crippen LogP contribution < -0.4 is 18.9 Å². The van der Waals surface area contributed by atoms with Crippen molar-refractivity contribution in [2.75, 3.05) is 34.0 Å². The monoisotopic (exact) mass is 1110 g/mol. The lowest BCUT2D eigenvalue weighted by molar-refractivity contribution is -0.364. The third-order valence-electron chi connectivity index (χ3n) is 13.1. The molecule has 26 heteroatoms. The number of methoxy groups -OCH3 is 2. The van der Waals surface area contributed by atoms with Crippen LogP contribution in [0.5, 0.6) is 46.0 Å². The van der Waals surface area contributed by atoms with E-state index in [1.807, 2.05) is 0 Å². The quantitative estimate of drug-likeness (QED) is 0.0435. The molecule has 0 saturated carbocycles. The third-order valence-corrected chi connectivity index (χ3v) is 13.1. The molecular formula is C53H58O26. The number of fused-ring (bicyclic) bond motifs is 1. The molecule has 26 nitrogen and oxygen atoms in total. The number of esters is 2. The standard InChI is InChI=1S/C53H58O26/c1-69-33-15-23(3-11-29(33)58)5-13-39(60)71-22-38-43(64)46(67)50(79-53-49(45(66)42(63)37(21-55)76-53)78-40(61)14-6-24-4-12-30(59)34(16-24)70-2)52(77-38)74-35-19-28-31(72-48(35)25-7-9-26(56)10-8-25)17-27(57)18-32(28)73-51-47(68)44(65)41(62)36(20-54)75-51/h3-19,36-38,41-59,62-68H,20-22H2,1-2H3. The first-order valence-corrected chi connectivity index (χ1v) is 24.3. The molecule has 3 saturated heterocycles. The number of rotatable bonds is 18. The Balaban J connectivity index is 1.15. The van der Waals surface area contributed by atoms with Crippen LogP contribution in [0.4, 0.5) is 0 Å². The van der Waals surface area contributed by atoms with Gasteiger partial charge in [-0.05, 0) is 65.8 Å². The Morgan fingerprint density at radius 2 is 1.11 bits per heavy atom. The molecule has 0 amide bonds. The molecule has 4 aliphatic rings. The van der Waals surface area contributed by atoms with Crippen LogP contribution in [0.2, 0.25) is 0 Å². The Morgan fingerprint density at radius 1 is 0.557 bits per heavy atom. The zero-order valence-electron chi connectivity index (χ0n) is 41.8. The lowest BCUT2D eigenvalue weighted by atomic mass is 9.96. The maximum atomic E-state index is 13.4. The predicted molar refractivity (Wildman–Crippen MR) is 265 cm³/mol. The van der Waals surface area contributed by atoms with Crippen LogP contribution in [-0.4, -0.2) is 204 Å². The summed E-state index contributed by atoms with van der Waals surface area (Å²) in [5, 5.41) is 139. The second-order valence-electron chi connectivity index (χ2n) is 18.3. The molecule has 13 N–H and O–H groups in total. The molecule has 79 heavy (non-hydrogen) atoms. The van der Waals surface area contributed by atoms with Crippen LogP contribution in [0.15, 0.2) is 90.7 Å². The minimum absolute atomic E-state index is 0.0542. The fourth-order valence-corrected chi connectivity index (χ4v) is 8.77. The number of carbonyl (C=O) groups is 2. The maximum absolute atomic E-state index is 13.4. The van der Waals surface area contributed by atoms with Gasteiger partial charge in [0.15, 0.2) is 47.6 Å². The Bertz CT molecular complexity index is 2850. The van der Waals surface area contributed by atoms with Crippen LogP contribution in [0.3, 0.4) is 0 Å². The molecule has 4 heterocycles. The van der Waals surface area contributed by atoms with Crippen LogP contribution in [-0.2, 0) is 42.7 Å². The van der Waals surface area contributed by atoms with Crippen molar-refractivity contribution in [3.63, 3.8) is 0 Å². The van der Waals surface area contributed by atoms with E-state index in [4.69, 9.17) is 52.1 Å². The molecule has 4 aromatic carbocycles. The van der Waals surface area contributed by atoms with Gasteiger partial charge in [-0.2, -0.15) is 0 Å². The van der Waals surface area contributed by atoms with Gasteiger partial charge in [0.05, 0.1) is 33.0 Å². The van der Waals surface area contributed by atoms with E-state index in [2.05, 4.69) is 0 Å². The number of aliphatic hydroxyl groups excluding tert-OH is 9. The number of hydrogen-bond donors (Lipinski definition) is 13. The van der Waals surface area contributed by atoms with Crippen LogP contribution in [0.1, 0.15) is 28.4 Å². The number of hydrogen-bond acceptors (Lipinski definition) is 26. The van der Waals surface area contributed by atoms with Crippen molar-refractivity contribution in [2.24, 2.45) is 0 Å². The molecule has 0 aromatic heterocycles. The van der Waals surface area contributed by atoms with Gasteiger partial charge in [-0.3, -0.25) is 0 Å². The maximum Gasteiger partial charge on any atom is 0.331 e. The molecule has 8 rings (SSSR count). The van der Waals surface area contributed by atoms with Gasteiger partial charge in [0, 0.05) is 29.8 Å². The number of phenols is 4. The molecule has 426 valence electrons. The lowest BCUT2D eigenvalue weighted by Gasteiger charge is -2.47. The highest BCUT2D eigenvalue weighted by atomic mass is 16.8. The summed E-state index contributed by atoms with van der Waals surface area (Å²) >= 11 is 0. The summed E-state index contributed by atoms with van der Waals surface area (Å²) < 4.78 is 63.9. The molecule has 0 spiro atoms. The molecule has 16 atom stereocenters. The van der Waals surface area contributed by atoms with E-state index in [-0.39, 0.29) is 57.1 Å². The number of phenolic OH excluding ortho intramolecular Hbond substituents is 4. The van der Waals surface area contributed by atoms with Gasteiger partial charge in [0.2, 0.25) is 12.6 Å². The van der Waals surface area contributed by atoms with Gasteiger partial charge in [0.25, 0.3) is 0 Å². The van der Waals surface area contributed by atoms with E-state index >= 15 is 0 Å². The first kappa shape index (κ1) is 57.9. The highest BCUT2D eigenvalue weighted by Crippen LogP contribution is 2.46. The van der Waals surface area contributed by atoms with E-state index in [0.717, 1.165) is 18.2 Å². The molecule has 0 radical (unpaired) electrons. The van der Waals surface area contributed by atoms with Crippen molar-refractivity contribution in [3.05, 3.63) is 113 Å². The summed E-state index contributed by atoms with van der Waals surface area (Å²) in [5.74, 6) is -3.58. The number of aromatic hydroxyl groups is 4. The summed E-state index contributed by atoms with van der Waals surface area (Å²) in [7, 11) is 2.64. The first-order valence-electron chi connectivity index (χ1n) is 24.3. The summed E-state index contributed by atoms with van der Waals surface area (Å²) in [5.41, 5.74) is 0.972. The zero-order chi connectivity index (χ0) is 56.8. The fraction of sp³-hybridized carbons (Fsp3) is 0.396. The first-order chi connectivity index (χ1) is 37.8. The van der Waals surface area contributed by atoms with Crippen molar-refractivity contribution in [2.45, 2.75) is 98.2 Å². The summed E-state index contributed by atoms with van der Waals surface area (Å²) in [6.07, 6.45) is -23.7. The minimum Gasteiger partial charge on any atom is -0.508 e. The van der Waals surface area contributed by atoms with Gasteiger partial charge in [-0.15, -0.1) is 0 Å². The Hall–Kier alpha value is -7.28. The van der Waals surface area contributed by atoms with Crippen LogP contribution in [0.25, 0.3) is 18.2 Å². The normalized spacial score (nSPS) is 30.6. The fourth-order valence-electron chi connectivity index (χ4n) is 8.77. The number of aliphatic hydroxyl groups is 9. The summed E-state index contributed by atoms with van der Waals surface area (Å²) in [6, 6.07) is 16.1. The molecule has 4 aliphatic heterocycles. The van der Waals surface area contributed by atoms with Gasteiger partial charge >= 0.3 is 11.9 Å². The van der Waals surface area contributed by atoms with E-state index in [9.17, 15) is 76.0 Å². The van der Waals surface area contributed by atoms with Crippen LogP contribution >= 0.6 is 0 Å². The zero-order valence-corrected chi connectivity index (χ0v) is 41.8. The lowest BCUT2D eigenvalue weighted by Crippen LogP contribution is -2.65. The van der Waals surface area contributed by atoms with Gasteiger partial charge < -0.3 is 118 Å². The Labute approximate surface area is 448 Å². The van der Waals surface area contributed by atoms with Crippen molar-refractivity contribution < 1.29 is 128 Å². The van der Waals surface area contributed by atoms with Crippen molar-refractivity contribution >= 4 is 30.2 Å². The summed E-state index contributed by atoms with van der Waals surface area (Å²) in [4.78, 5) is 26.5. The Morgan fingerprint density at radius 3 is 1.72 bits per heavy atom. The largest absolute Gasteiger partial charge is 0.508 e. The highest BCUT2D eigenvalue weighted by molar-refractivity contribution is 5.88. The number of ether oxygens (including phenoxy) is 11. The van der Waals surface area contributed by atoms with Crippen molar-refractivity contribution in [3.8, 4) is 46.0 Å². The molecular weight excluding hydrogens is 1050 g/mol. The smallest absolute Gasteiger partial charge is 0.331 e.